The molecule has 16 heavy (non-hydrogen) atoms. The lowest BCUT2D eigenvalue weighted by Gasteiger charge is -1.98. The minimum atomic E-state index is 0.742. The van der Waals surface area contributed by atoms with Gasteiger partial charge >= 0.3 is 0 Å². The molecule has 3 rings (SSSR count). The molecular weight excluding hydrogens is 200 g/mol. The zero-order valence-electron chi connectivity index (χ0n) is 9.27. The first kappa shape index (κ1) is 9.39. The second-order valence-corrected chi connectivity index (χ2v) is 4.00. The van der Waals surface area contributed by atoms with Crippen molar-refractivity contribution in [2.24, 2.45) is 0 Å². The van der Waals surface area contributed by atoms with E-state index in [0.29, 0.717) is 0 Å². The highest BCUT2D eigenvalue weighted by Crippen LogP contribution is 2.30. The van der Waals surface area contributed by atoms with Crippen LogP contribution in [0.15, 0.2) is 24.3 Å². The van der Waals surface area contributed by atoms with E-state index in [2.05, 4.69) is 40.5 Å². The van der Waals surface area contributed by atoms with Crippen LogP contribution in [0.25, 0.3) is 11.4 Å². The summed E-state index contributed by atoms with van der Waals surface area (Å²) < 4.78 is 1.96. The number of rotatable bonds is 3. The maximum Gasteiger partial charge on any atom is 0.242 e. The van der Waals surface area contributed by atoms with Crippen molar-refractivity contribution in [1.29, 1.82) is 0 Å². The van der Waals surface area contributed by atoms with Crippen LogP contribution in [0.1, 0.15) is 18.9 Å². The standard InChI is InChI=1S/C12H14N4/c1-2-7-13-12-14-11-10-6-4-3-5-9(10)8-16(11)15-12/h3-6H,2,7-8H2,1H3,(H,13,15). The number of fused-ring (bicyclic) bond motifs is 3. The van der Waals surface area contributed by atoms with Crippen LogP contribution >= 0.6 is 0 Å². The molecule has 0 spiro atoms. The molecule has 4 nitrogen and oxygen atoms in total. The predicted molar refractivity (Wildman–Crippen MR) is 63.3 cm³/mol. The molecular formula is C12H14N4. The Morgan fingerprint density at radius 2 is 2.25 bits per heavy atom. The number of aromatic nitrogens is 3. The van der Waals surface area contributed by atoms with Crippen LogP contribution in [-0.4, -0.2) is 21.3 Å². The molecule has 0 saturated heterocycles. The van der Waals surface area contributed by atoms with Gasteiger partial charge < -0.3 is 5.32 Å². The molecule has 0 bridgehead atoms. The van der Waals surface area contributed by atoms with E-state index >= 15 is 0 Å². The van der Waals surface area contributed by atoms with Gasteiger partial charge in [0, 0.05) is 12.1 Å². The van der Waals surface area contributed by atoms with Crippen molar-refractivity contribution in [1.82, 2.24) is 14.8 Å². The molecule has 0 unspecified atom stereocenters. The van der Waals surface area contributed by atoms with Crippen LogP contribution in [0.3, 0.4) is 0 Å². The maximum absolute atomic E-state index is 4.51. The van der Waals surface area contributed by atoms with Gasteiger partial charge in [-0.15, -0.1) is 5.10 Å². The third kappa shape index (κ3) is 1.38. The van der Waals surface area contributed by atoms with E-state index in [0.717, 1.165) is 31.3 Å². The second-order valence-electron chi connectivity index (χ2n) is 4.00. The van der Waals surface area contributed by atoms with E-state index in [1.54, 1.807) is 0 Å². The molecule has 0 saturated carbocycles. The van der Waals surface area contributed by atoms with E-state index in [1.807, 2.05) is 10.7 Å². The van der Waals surface area contributed by atoms with Crippen LogP contribution in [0.2, 0.25) is 0 Å². The molecule has 0 aliphatic carbocycles. The van der Waals surface area contributed by atoms with Gasteiger partial charge in [-0.3, -0.25) is 0 Å². The number of hydrogen-bond donors (Lipinski definition) is 1. The summed E-state index contributed by atoms with van der Waals surface area (Å²) in [6.07, 6.45) is 1.08. The summed E-state index contributed by atoms with van der Waals surface area (Å²) in [5.74, 6) is 1.72. The van der Waals surface area contributed by atoms with Crippen LogP contribution in [-0.2, 0) is 6.54 Å². The van der Waals surface area contributed by atoms with Crippen LogP contribution in [0.5, 0.6) is 0 Å². The van der Waals surface area contributed by atoms with E-state index in [1.165, 1.54) is 11.1 Å². The van der Waals surface area contributed by atoms with Gasteiger partial charge in [-0.2, -0.15) is 4.98 Å². The third-order valence-electron chi connectivity index (χ3n) is 2.78. The highest BCUT2D eigenvalue weighted by atomic mass is 15.4. The van der Waals surface area contributed by atoms with Gasteiger partial charge in [-0.1, -0.05) is 31.2 Å². The molecule has 1 aliphatic rings. The minimum absolute atomic E-state index is 0.742. The molecule has 1 aromatic heterocycles. The van der Waals surface area contributed by atoms with Gasteiger partial charge in [-0.25, -0.2) is 4.68 Å². The Morgan fingerprint density at radius 1 is 1.38 bits per heavy atom. The normalized spacial score (nSPS) is 12.3. The highest BCUT2D eigenvalue weighted by molar-refractivity contribution is 5.65. The molecule has 82 valence electrons. The number of benzene rings is 1. The van der Waals surface area contributed by atoms with Crippen molar-refractivity contribution in [2.75, 3.05) is 11.9 Å². The lowest BCUT2D eigenvalue weighted by molar-refractivity contribution is 0.720. The fraction of sp³-hybridized carbons (Fsp3) is 0.333. The van der Waals surface area contributed by atoms with Crippen molar-refractivity contribution in [2.45, 2.75) is 19.9 Å². The minimum Gasteiger partial charge on any atom is -0.353 e. The summed E-state index contributed by atoms with van der Waals surface area (Å²) in [6.45, 7) is 3.89. The average molecular weight is 214 g/mol. The zero-order chi connectivity index (χ0) is 11.0. The fourth-order valence-corrected chi connectivity index (χ4v) is 2.00. The summed E-state index contributed by atoms with van der Waals surface area (Å²) >= 11 is 0. The number of hydrogen-bond acceptors (Lipinski definition) is 3. The van der Waals surface area contributed by atoms with Crippen molar-refractivity contribution in [3.63, 3.8) is 0 Å². The topological polar surface area (TPSA) is 42.7 Å². The molecule has 0 atom stereocenters. The lowest BCUT2D eigenvalue weighted by atomic mass is 10.1. The summed E-state index contributed by atoms with van der Waals surface area (Å²) in [5.41, 5.74) is 2.51. The monoisotopic (exact) mass is 214 g/mol. The van der Waals surface area contributed by atoms with Gasteiger partial charge in [0.2, 0.25) is 5.95 Å². The molecule has 2 aromatic rings. The van der Waals surface area contributed by atoms with Gasteiger partial charge in [0.1, 0.15) is 0 Å². The smallest absolute Gasteiger partial charge is 0.242 e. The summed E-state index contributed by atoms with van der Waals surface area (Å²) in [6, 6.07) is 8.33. The largest absolute Gasteiger partial charge is 0.353 e. The van der Waals surface area contributed by atoms with Crippen LogP contribution in [0.4, 0.5) is 5.95 Å². The lowest BCUT2D eigenvalue weighted by Crippen LogP contribution is -2.03. The number of anilines is 1. The Labute approximate surface area is 94.3 Å². The predicted octanol–water partition coefficient (Wildman–Crippen LogP) is 2.13. The third-order valence-corrected chi connectivity index (χ3v) is 2.78. The SMILES string of the molecule is CCCNc1nc2n(n1)Cc1ccccc1-2. The van der Waals surface area contributed by atoms with Gasteiger partial charge in [0.15, 0.2) is 5.82 Å². The first-order chi connectivity index (χ1) is 7.88. The second kappa shape index (κ2) is 3.63. The van der Waals surface area contributed by atoms with Gasteiger partial charge in [-0.05, 0) is 12.0 Å². The molecule has 0 amide bonds. The van der Waals surface area contributed by atoms with Gasteiger partial charge in [0.05, 0.1) is 6.54 Å². The van der Waals surface area contributed by atoms with Gasteiger partial charge in [0.25, 0.3) is 0 Å². The zero-order valence-corrected chi connectivity index (χ0v) is 9.27. The van der Waals surface area contributed by atoms with E-state index < -0.39 is 0 Å². The first-order valence-electron chi connectivity index (χ1n) is 5.65. The average Bonchev–Trinajstić information content (AvgIpc) is 2.83. The molecule has 0 fully saturated rings. The molecule has 0 radical (unpaired) electrons. The summed E-state index contributed by atoms with van der Waals surface area (Å²) in [4.78, 5) is 4.51. The maximum atomic E-state index is 4.51. The van der Waals surface area contributed by atoms with Crippen molar-refractivity contribution >= 4 is 5.95 Å². The van der Waals surface area contributed by atoms with Crippen molar-refractivity contribution in [3.05, 3.63) is 29.8 Å². The van der Waals surface area contributed by atoms with E-state index in [4.69, 9.17) is 0 Å². The summed E-state index contributed by atoms with van der Waals surface area (Å²) in [7, 11) is 0. The van der Waals surface area contributed by atoms with Crippen molar-refractivity contribution < 1.29 is 0 Å². The number of nitrogens with one attached hydrogen (secondary N) is 1. The Morgan fingerprint density at radius 3 is 3.12 bits per heavy atom. The molecule has 1 aromatic carbocycles. The Hall–Kier alpha value is -1.84. The summed E-state index contributed by atoms with van der Waals surface area (Å²) in [5, 5.41) is 7.65. The van der Waals surface area contributed by atoms with E-state index in [-0.39, 0.29) is 0 Å². The quantitative estimate of drug-likeness (QED) is 0.726. The molecule has 4 heteroatoms. The Bertz CT molecular complexity index is 515. The van der Waals surface area contributed by atoms with Crippen LogP contribution < -0.4 is 5.32 Å². The van der Waals surface area contributed by atoms with Crippen molar-refractivity contribution in [3.8, 4) is 11.4 Å². The number of nitrogens with zero attached hydrogens (tertiary/aromatic N) is 3. The fourth-order valence-electron chi connectivity index (χ4n) is 2.00. The Balaban J connectivity index is 1.95. The van der Waals surface area contributed by atoms with Crippen LogP contribution in [0, 0.1) is 0 Å². The van der Waals surface area contributed by atoms with E-state index in [9.17, 15) is 0 Å². The highest BCUT2D eigenvalue weighted by Gasteiger charge is 2.21. The molecule has 1 N–H and O–H groups in total. The molecule has 1 aliphatic heterocycles. The Kier molecular flexibility index (Phi) is 2.13. The molecule has 2 heterocycles. The first-order valence-corrected chi connectivity index (χ1v) is 5.65.